The van der Waals surface area contributed by atoms with Crippen molar-refractivity contribution in [3.8, 4) is 0 Å². The largest absolute Gasteiger partial charge is 0.361 e. The van der Waals surface area contributed by atoms with Gasteiger partial charge in [-0.3, -0.25) is 14.3 Å². The summed E-state index contributed by atoms with van der Waals surface area (Å²) in [5.41, 5.74) is 1.93. The van der Waals surface area contributed by atoms with Gasteiger partial charge in [-0.05, 0) is 44.7 Å². The van der Waals surface area contributed by atoms with Gasteiger partial charge >= 0.3 is 0 Å². The molecule has 2 aromatic heterocycles. The zero-order valence-electron chi connectivity index (χ0n) is 14.7. The maximum absolute atomic E-state index is 12.2. The molecule has 2 aromatic rings. The SMILES string of the molecule is Cc1cc(CN2CCC(Cn3cnc(C(C)C)cc3=O)CC2)no1. The molecule has 0 amide bonds. The first kappa shape index (κ1) is 16.9. The number of nitrogens with zero attached hydrogens (tertiary/aromatic N) is 4. The lowest BCUT2D eigenvalue weighted by Gasteiger charge is -2.31. The summed E-state index contributed by atoms with van der Waals surface area (Å²) in [5.74, 6) is 1.68. The monoisotopic (exact) mass is 330 g/mol. The number of hydrogen-bond donors (Lipinski definition) is 0. The number of hydrogen-bond acceptors (Lipinski definition) is 5. The highest BCUT2D eigenvalue weighted by Gasteiger charge is 2.21. The van der Waals surface area contributed by atoms with Crippen molar-refractivity contribution >= 4 is 0 Å². The molecule has 0 aliphatic carbocycles. The molecule has 1 saturated heterocycles. The van der Waals surface area contributed by atoms with E-state index in [1.165, 1.54) is 0 Å². The van der Waals surface area contributed by atoms with Crippen LogP contribution in [0.5, 0.6) is 0 Å². The van der Waals surface area contributed by atoms with Crippen LogP contribution in [0.4, 0.5) is 0 Å². The molecule has 0 saturated carbocycles. The normalized spacial score (nSPS) is 16.8. The first-order valence-corrected chi connectivity index (χ1v) is 8.72. The molecule has 1 aliphatic rings. The molecule has 3 rings (SSSR count). The predicted octanol–water partition coefficient (Wildman–Crippen LogP) is 2.58. The van der Waals surface area contributed by atoms with Crippen LogP contribution >= 0.6 is 0 Å². The number of aryl methyl sites for hydroxylation is 1. The molecule has 0 bridgehead atoms. The fourth-order valence-corrected chi connectivity index (χ4v) is 3.22. The molecule has 0 aromatic carbocycles. The van der Waals surface area contributed by atoms with Gasteiger partial charge in [0.05, 0.1) is 17.7 Å². The van der Waals surface area contributed by atoms with Crippen LogP contribution in [0.1, 0.15) is 49.8 Å². The first-order chi connectivity index (χ1) is 11.5. The predicted molar refractivity (Wildman–Crippen MR) is 91.8 cm³/mol. The fraction of sp³-hybridized carbons (Fsp3) is 0.611. The molecular weight excluding hydrogens is 304 g/mol. The summed E-state index contributed by atoms with van der Waals surface area (Å²) in [7, 11) is 0. The van der Waals surface area contributed by atoms with E-state index in [1.54, 1.807) is 17.0 Å². The average molecular weight is 330 g/mol. The molecule has 1 fully saturated rings. The van der Waals surface area contributed by atoms with Gasteiger partial charge in [-0.15, -0.1) is 0 Å². The number of likely N-dealkylation sites (tertiary alicyclic amines) is 1. The Kier molecular flexibility index (Phi) is 5.14. The maximum Gasteiger partial charge on any atom is 0.253 e. The van der Waals surface area contributed by atoms with E-state index in [0.29, 0.717) is 5.92 Å². The lowest BCUT2D eigenvalue weighted by molar-refractivity contribution is 0.163. The van der Waals surface area contributed by atoms with E-state index >= 15 is 0 Å². The third-order valence-corrected chi connectivity index (χ3v) is 4.72. The van der Waals surface area contributed by atoms with E-state index in [0.717, 1.165) is 56.2 Å². The maximum atomic E-state index is 12.2. The Morgan fingerprint density at radius 1 is 1.29 bits per heavy atom. The second-order valence-electron chi connectivity index (χ2n) is 7.11. The molecule has 6 nitrogen and oxygen atoms in total. The van der Waals surface area contributed by atoms with Gasteiger partial charge in [-0.2, -0.15) is 0 Å². The van der Waals surface area contributed by atoms with Gasteiger partial charge in [0.15, 0.2) is 0 Å². The standard InChI is InChI=1S/C18H26N4O2/c1-13(2)17-9-18(23)22(12-19-17)10-15-4-6-21(7-5-15)11-16-8-14(3)24-20-16/h8-9,12-13,15H,4-7,10-11H2,1-3H3. The highest BCUT2D eigenvalue weighted by Crippen LogP contribution is 2.20. The van der Waals surface area contributed by atoms with Crippen molar-refractivity contribution in [2.24, 2.45) is 5.92 Å². The second kappa shape index (κ2) is 7.30. The molecule has 0 atom stereocenters. The quantitative estimate of drug-likeness (QED) is 0.843. The lowest BCUT2D eigenvalue weighted by Crippen LogP contribution is -2.36. The van der Waals surface area contributed by atoms with E-state index < -0.39 is 0 Å². The summed E-state index contributed by atoms with van der Waals surface area (Å²) in [6.07, 6.45) is 3.90. The van der Waals surface area contributed by atoms with Crippen LogP contribution in [0.15, 0.2) is 27.8 Å². The molecule has 0 N–H and O–H groups in total. The van der Waals surface area contributed by atoms with Crippen LogP contribution in [-0.2, 0) is 13.1 Å². The Morgan fingerprint density at radius 2 is 2.04 bits per heavy atom. The van der Waals surface area contributed by atoms with Crippen LogP contribution in [0.25, 0.3) is 0 Å². The lowest BCUT2D eigenvalue weighted by atomic mass is 9.96. The summed E-state index contributed by atoms with van der Waals surface area (Å²) in [5, 5.41) is 4.06. The summed E-state index contributed by atoms with van der Waals surface area (Å²) in [6, 6.07) is 3.67. The van der Waals surface area contributed by atoms with Gasteiger partial charge in [0.25, 0.3) is 5.56 Å². The molecule has 0 unspecified atom stereocenters. The van der Waals surface area contributed by atoms with Crippen molar-refractivity contribution in [3.05, 3.63) is 46.0 Å². The minimum Gasteiger partial charge on any atom is -0.361 e. The van der Waals surface area contributed by atoms with E-state index in [1.807, 2.05) is 13.0 Å². The van der Waals surface area contributed by atoms with Crippen LogP contribution in [0, 0.1) is 12.8 Å². The van der Waals surface area contributed by atoms with Gasteiger partial charge < -0.3 is 4.52 Å². The van der Waals surface area contributed by atoms with E-state index in [9.17, 15) is 4.79 Å². The van der Waals surface area contributed by atoms with Gasteiger partial charge in [-0.1, -0.05) is 19.0 Å². The average Bonchev–Trinajstić information content (AvgIpc) is 2.96. The number of rotatable bonds is 5. The molecular formula is C18H26N4O2. The Balaban J connectivity index is 1.53. The third kappa shape index (κ3) is 4.12. The van der Waals surface area contributed by atoms with E-state index in [2.05, 4.69) is 28.9 Å². The number of aromatic nitrogens is 3. The Bertz CT molecular complexity index is 727. The minimum atomic E-state index is 0.0641. The van der Waals surface area contributed by atoms with Crippen molar-refractivity contribution in [3.63, 3.8) is 0 Å². The van der Waals surface area contributed by atoms with Crippen molar-refractivity contribution in [1.29, 1.82) is 0 Å². The van der Waals surface area contributed by atoms with Crippen LogP contribution in [0.3, 0.4) is 0 Å². The molecule has 1 aliphatic heterocycles. The van der Waals surface area contributed by atoms with Crippen molar-refractivity contribution in [2.45, 2.75) is 52.6 Å². The molecule has 130 valence electrons. The minimum absolute atomic E-state index is 0.0641. The van der Waals surface area contributed by atoms with E-state index in [4.69, 9.17) is 4.52 Å². The summed E-state index contributed by atoms with van der Waals surface area (Å²) in [4.78, 5) is 19.0. The van der Waals surface area contributed by atoms with Gasteiger partial charge in [-0.25, -0.2) is 4.98 Å². The summed E-state index contributed by atoms with van der Waals surface area (Å²) in [6.45, 7) is 9.69. The van der Waals surface area contributed by atoms with Crippen LogP contribution in [-0.4, -0.2) is 32.7 Å². The van der Waals surface area contributed by atoms with Crippen molar-refractivity contribution < 1.29 is 4.52 Å². The molecule has 3 heterocycles. The third-order valence-electron chi connectivity index (χ3n) is 4.72. The van der Waals surface area contributed by atoms with Crippen molar-refractivity contribution in [2.75, 3.05) is 13.1 Å². The summed E-state index contributed by atoms with van der Waals surface area (Å²) < 4.78 is 6.88. The topological polar surface area (TPSA) is 64.2 Å². The Hall–Kier alpha value is -1.95. The first-order valence-electron chi connectivity index (χ1n) is 8.72. The van der Waals surface area contributed by atoms with Gasteiger partial charge in [0, 0.05) is 25.2 Å². The van der Waals surface area contributed by atoms with Gasteiger partial charge in [0.2, 0.25) is 0 Å². The molecule has 0 spiro atoms. The van der Waals surface area contributed by atoms with Crippen LogP contribution in [0.2, 0.25) is 0 Å². The zero-order valence-corrected chi connectivity index (χ0v) is 14.7. The van der Waals surface area contributed by atoms with Gasteiger partial charge in [0.1, 0.15) is 5.76 Å². The second-order valence-corrected chi connectivity index (χ2v) is 7.11. The molecule has 6 heteroatoms. The number of piperidine rings is 1. The molecule has 0 radical (unpaired) electrons. The van der Waals surface area contributed by atoms with Crippen LogP contribution < -0.4 is 5.56 Å². The fourth-order valence-electron chi connectivity index (χ4n) is 3.22. The highest BCUT2D eigenvalue weighted by molar-refractivity contribution is 5.05. The van der Waals surface area contributed by atoms with E-state index in [-0.39, 0.29) is 11.5 Å². The summed E-state index contributed by atoms with van der Waals surface area (Å²) >= 11 is 0. The zero-order chi connectivity index (χ0) is 17.1. The molecule has 24 heavy (non-hydrogen) atoms. The Labute approximate surface area is 142 Å². The highest BCUT2D eigenvalue weighted by atomic mass is 16.5. The smallest absolute Gasteiger partial charge is 0.253 e. The van der Waals surface area contributed by atoms with Crippen molar-refractivity contribution in [1.82, 2.24) is 19.6 Å². The Morgan fingerprint density at radius 3 is 2.62 bits per heavy atom.